The number of phenolic OH excluding ortho intramolecular Hbond substituents is 2. The summed E-state index contributed by atoms with van der Waals surface area (Å²) in [6, 6.07) is 22.9. The first-order valence-electron chi connectivity index (χ1n) is 17.3. The summed E-state index contributed by atoms with van der Waals surface area (Å²) in [5.41, 5.74) is 3.75. The van der Waals surface area contributed by atoms with Crippen molar-refractivity contribution in [2.24, 2.45) is 23.7 Å². The van der Waals surface area contributed by atoms with Gasteiger partial charge in [0, 0.05) is 37.3 Å². The number of phenols is 2. The van der Waals surface area contributed by atoms with E-state index in [4.69, 9.17) is 0 Å². The van der Waals surface area contributed by atoms with Gasteiger partial charge in [-0.05, 0) is 68.4 Å². The number of fused-ring (bicyclic) bond motifs is 4. The van der Waals surface area contributed by atoms with E-state index in [9.17, 15) is 10.2 Å². The van der Waals surface area contributed by atoms with Crippen LogP contribution in [-0.4, -0.2) is 18.3 Å². The van der Waals surface area contributed by atoms with Crippen LogP contribution in [0, 0.1) is 23.7 Å². The minimum Gasteiger partial charge on any atom is -0.507 e. The number of aromatic hydroxyl groups is 2. The van der Waals surface area contributed by atoms with Crippen LogP contribution in [0.3, 0.4) is 0 Å². The number of hydrogen-bond donors (Lipinski definition) is 2. The van der Waals surface area contributed by atoms with Crippen LogP contribution < -0.4 is 0 Å². The molecular formula is C40H50O2SiZr. The van der Waals surface area contributed by atoms with Gasteiger partial charge in [0.15, 0.2) is 0 Å². The zero-order valence-electron chi connectivity index (χ0n) is 26.8. The Morgan fingerprint density at radius 3 is 1.36 bits per heavy atom. The Labute approximate surface area is 284 Å². The van der Waals surface area contributed by atoms with Crippen LogP contribution in [0.2, 0.25) is 24.2 Å². The van der Waals surface area contributed by atoms with Gasteiger partial charge < -0.3 is 10.2 Å². The summed E-state index contributed by atoms with van der Waals surface area (Å²) in [5.74, 6) is 4.99. The van der Waals surface area contributed by atoms with Crippen LogP contribution in [0.4, 0.5) is 0 Å². The average Bonchev–Trinajstić information content (AvgIpc) is 3.68. The van der Waals surface area contributed by atoms with Gasteiger partial charge in [-0.1, -0.05) is 151 Å². The van der Waals surface area contributed by atoms with Crippen molar-refractivity contribution >= 4 is 29.6 Å². The molecule has 4 aromatic rings. The number of hydrogen-bond acceptors (Lipinski definition) is 2. The molecule has 0 saturated heterocycles. The number of benzene rings is 4. The van der Waals surface area contributed by atoms with E-state index in [0.29, 0.717) is 11.1 Å². The van der Waals surface area contributed by atoms with Gasteiger partial charge in [-0.15, -0.1) is 0 Å². The van der Waals surface area contributed by atoms with E-state index in [1.54, 1.807) is 89.2 Å². The van der Waals surface area contributed by atoms with Gasteiger partial charge in [0.2, 0.25) is 0 Å². The minimum atomic E-state index is -1.05. The summed E-state index contributed by atoms with van der Waals surface area (Å²) < 4.78 is 0. The zero-order valence-corrected chi connectivity index (χ0v) is 30.2. The third-order valence-electron chi connectivity index (χ3n) is 12.6. The predicted octanol–water partition coefficient (Wildman–Crippen LogP) is 11.7. The molecule has 0 heterocycles. The third-order valence-corrected chi connectivity index (χ3v) is 17.9. The zero-order chi connectivity index (χ0) is 29.6. The number of rotatable bonds is 3. The van der Waals surface area contributed by atoms with E-state index >= 15 is 0 Å². The van der Waals surface area contributed by atoms with E-state index in [1.165, 1.54) is 22.9 Å². The van der Waals surface area contributed by atoms with Crippen molar-refractivity contribution in [3.8, 4) is 22.6 Å². The molecule has 4 saturated carbocycles. The van der Waals surface area contributed by atoms with Crippen LogP contribution in [0.15, 0.2) is 72.8 Å². The summed E-state index contributed by atoms with van der Waals surface area (Å²) >= 11 is 0. The second-order valence-electron chi connectivity index (χ2n) is 15.0. The van der Waals surface area contributed by atoms with Crippen LogP contribution in [0.25, 0.3) is 32.7 Å². The van der Waals surface area contributed by atoms with Crippen molar-refractivity contribution in [2.45, 2.75) is 101 Å². The smallest absolute Gasteiger partial charge is 0.124 e. The van der Waals surface area contributed by atoms with E-state index in [2.05, 4.69) is 13.1 Å². The summed E-state index contributed by atoms with van der Waals surface area (Å²) in [6.07, 6.45) is 19.0. The predicted molar refractivity (Wildman–Crippen MR) is 185 cm³/mol. The molecule has 2 N–H and O–H groups in total. The molecule has 8 rings (SSSR count). The molecule has 230 valence electrons. The maximum absolute atomic E-state index is 10.4. The fourth-order valence-electron chi connectivity index (χ4n) is 10.6. The molecule has 4 aliphatic carbocycles. The maximum atomic E-state index is 10.4. The Hall–Kier alpha value is -1.90. The summed E-state index contributed by atoms with van der Waals surface area (Å²) in [6.45, 7) is 5.66. The van der Waals surface area contributed by atoms with Gasteiger partial charge in [-0.25, -0.2) is 0 Å². The maximum Gasteiger partial charge on any atom is 0.124 e. The Kier molecular flexibility index (Phi) is 9.80. The normalized spacial score (nSPS) is 28.0. The molecule has 6 unspecified atom stereocenters. The molecule has 6 atom stereocenters. The van der Waals surface area contributed by atoms with E-state index < -0.39 is 8.07 Å². The Morgan fingerprint density at radius 2 is 0.909 bits per heavy atom. The van der Waals surface area contributed by atoms with Crippen LogP contribution in [0.1, 0.15) is 77.0 Å². The van der Waals surface area contributed by atoms with Gasteiger partial charge in [0.05, 0.1) is 8.07 Å². The molecule has 0 amide bonds. The van der Waals surface area contributed by atoms with E-state index in [-0.39, 0.29) is 37.7 Å². The molecule has 0 radical (unpaired) electrons. The van der Waals surface area contributed by atoms with E-state index in [0.717, 1.165) is 33.4 Å². The van der Waals surface area contributed by atoms with Gasteiger partial charge in [0.25, 0.3) is 0 Å². The van der Waals surface area contributed by atoms with Gasteiger partial charge in [-0.3, -0.25) is 0 Å². The molecular weight excluding hydrogens is 632 g/mol. The first-order chi connectivity index (χ1) is 20.9. The Balaban J connectivity index is 0.000000153. The summed E-state index contributed by atoms with van der Waals surface area (Å²) in [4.78, 5) is 0. The van der Waals surface area contributed by atoms with Crippen LogP contribution in [-0.2, 0) is 26.2 Å². The third kappa shape index (κ3) is 5.88. The van der Waals surface area contributed by atoms with Crippen molar-refractivity contribution < 1.29 is 36.4 Å². The van der Waals surface area contributed by atoms with Crippen molar-refractivity contribution in [1.82, 2.24) is 0 Å². The van der Waals surface area contributed by atoms with Crippen LogP contribution >= 0.6 is 0 Å². The molecule has 0 bridgehead atoms. The SMILES string of the molecule is C[Si](C)(C1CCC2CCCCC21)C1CCC2CCCCC21.Oc1ccc2ccccc2c1-c1c(O)ccc2ccccc12.[Zr]. The largest absolute Gasteiger partial charge is 0.507 e. The van der Waals surface area contributed by atoms with E-state index in [1.807, 2.05) is 60.7 Å². The molecule has 44 heavy (non-hydrogen) atoms. The van der Waals surface area contributed by atoms with Crippen molar-refractivity contribution in [3.63, 3.8) is 0 Å². The fraction of sp³-hybridized carbons (Fsp3) is 0.500. The molecule has 4 fully saturated rings. The standard InChI is InChI=1S/C20H14O2.C20H36Si.Zr/c21-17-11-9-13-5-1-3-7-15(13)19(17)20-16-8-4-2-6-14(16)10-12-18(20)22;1-21(2,19-13-11-15-7-3-5-9-17(15)19)20-14-12-16-8-4-6-10-18(16)20;/h1-12,21-22H;15-20H,3-14H2,1-2H3;. The van der Waals surface area contributed by atoms with Gasteiger partial charge in [0.1, 0.15) is 11.5 Å². The van der Waals surface area contributed by atoms with Crippen molar-refractivity contribution in [3.05, 3.63) is 72.8 Å². The molecule has 4 heteroatoms. The molecule has 4 aromatic carbocycles. The Morgan fingerprint density at radius 1 is 0.500 bits per heavy atom. The average molecular weight is 682 g/mol. The first-order valence-corrected chi connectivity index (χ1v) is 20.5. The topological polar surface area (TPSA) is 40.5 Å². The molecule has 0 spiro atoms. The monoisotopic (exact) mass is 680 g/mol. The summed E-state index contributed by atoms with van der Waals surface area (Å²) in [7, 11) is -1.05. The van der Waals surface area contributed by atoms with Gasteiger partial charge >= 0.3 is 0 Å². The van der Waals surface area contributed by atoms with Crippen molar-refractivity contribution in [1.29, 1.82) is 0 Å². The van der Waals surface area contributed by atoms with Gasteiger partial charge in [-0.2, -0.15) is 0 Å². The summed E-state index contributed by atoms with van der Waals surface area (Å²) in [5, 5.41) is 24.8. The molecule has 4 aliphatic rings. The Bertz CT molecular complexity index is 1480. The molecule has 2 nitrogen and oxygen atoms in total. The molecule has 0 aromatic heterocycles. The van der Waals surface area contributed by atoms with Crippen molar-refractivity contribution in [2.75, 3.05) is 0 Å². The second kappa shape index (κ2) is 13.4. The quantitative estimate of drug-likeness (QED) is 0.211. The second-order valence-corrected chi connectivity index (χ2v) is 20.1. The molecule has 0 aliphatic heterocycles. The van der Waals surface area contributed by atoms with Crippen LogP contribution in [0.5, 0.6) is 11.5 Å². The fourth-order valence-corrected chi connectivity index (χ4v) is 16.1. The first kappa shape index (κ1) is 32.1. The minimum absolute atomic E-state index is 0.